The molecule has 98 valence electrons. The fourth-order valence-electron chi connectivity index (χ4n) is 1.33. The van der Waals surface area contributed by atoms with E-state index >= 15 is 0 Å². The largest absolute Gasteiger partial charge is 0.370 e. The summed E-state index contributed by atoms with van der Waals surface area (Å²) in [6, 6.07) is 1.24. The Bertz CT molecular complexity index is 453. The van der Waals surface area contributed by atoms with Gasteiger partial charge in [0.25, 0.3) is 0 Å². The Labute approximate surface area is 108 Å². The molecule has 18 heavy (non-hydrogen) atoms. The second-order valence-electron chi connectivity index (χ2n) is 3.63. The predicted molar refractivity (Wildman–Crippen MR) is 67.4 cm³/mol. The van der Waals surface area contributed by atoms with Crippen molar-refractivity contribution < 1.29 is 9.72 Å². The number of nitrogens with one attached hydrogen (secondary N) is 1. The fourth-order valence-corrected chi connectivity index (χ4v) is 1.49. The molecule has 1 aromatic heterocycles. The summed E-state index contributed by atoms with van der Waals surface area (Å²) in [6.07, 6.45) is 2.94. The van der Waals surface area contributed by atoms with Crippen LogP contribution >= 0.6 is 11.6 Å². The molecular weight excluding hydrogens is 260 g/mol. The fraction of sp³-hybridized carbons (Fsp3) is 0.400. The van der Waals surface area contributed by atoms with Gasteiger partial charge in [-0.2, -0.15) is 0 Å². The van der Waals surface area contributed by atoms with Crippen LogP contribution in [0.25, 0.3) is 0 Å². The lowest BCUT2D eigenvalue weighted by molar-refractivity contribution is -0.384. The number of amides is 1. The molecule has 0 aliphatic rings. The highest BCUT2D eigenvalue weighted by Crippen LogP contribution is 2.24. The van der Waals surface area contributed by atoms with Crippen LogP contribution in [0.5, 0.6) is 0 Å². The third-order valence-electron chi connectivity index (χ3n) is 2.17. The third-order valence-corrected chi connectivity index (χ3v) is 2.38. The summed E-state index contributed by atoms with van der Waals surface area (Å²) in [5.74, 6) is -0.186. The zero-order valence-corrected chi connectivity index (χ0v) is 10.3. The number of hydrogen-bond donors (Lipinski definition) is 2. The van der Waals surface area contributed by atoms with E-state index in [1.54, 1.807) is 0 Å². The number of aromatic nitrogens is 1. The number of unbranched alkanes of at least 4 members (excludes halogenated alkanes) is 1. The molecule has 0 aliphatic heterocycles. The van der Waals surface area contributed by atoms with Crippen molar-refractivity contribution in [3.05, 3.63) is 27.4 Å². The van der Waals surface area contributed by atoms with Crippen LogP contribution in [-0.2, 0) is 4.79 Å². The summed E-state index contributed by atoms with van der Waals surface area (Å²) in [5.41, 5.74) is 4.82. The zero-order valence-electron chi connectivity index (χ0n) is 9.56. The molecule has 1 rings (SSSR count). The van der Waals surface area contributed by atoms with Gasteiger partial charge < -0.3 is 11.1 Å². The van der Waals surface area contributed by atoms with Gasteiger partial charge in [0.1, 0.15) is 0 Å². The first-order chi connectivity index (χ1) is 8.50. The van der Waals surface area contributed by atoms with E-state index in [1.807, 2.05) is 0 Å². The van der Waals surface area contributed by atoms with Crippen molar-refractivity contribution in [3.8, 4) is 0 Å². The van der Waals surface area contributed by atoms with Gasteiger partial charge in [-0.3, -0.25) is 14.9 Å². The van der Waals surface area contributed by atoms with Crippen LogP contribution in [0.1, 0.15) is 19.3 Å². The molecule has 0 spiro atoms. The van der Waals surface area contributed by atoms with Gasteiger partial charge in [0.2, 0.25) is 11.7 Å². The smallest absolute Gasteiger partial charge is 0.312 e. The molecule has 7 nitrogen and oxygen atoms in total. The highest BCUT2D eigenvalue weighted by molar-refractivity contribution is 6.30. The Hall–Kier alpha value is -1.89. The third kappa shape index (κ3) is 4.54. The van der Waals surface area contributed by atoms with E-state index in [9.17, 15) is 14.9 Å². The first-order valence-electron chi connectivity index (χ1n) is 5.33. The molecule has 0 radical (unpaired) electrons. The Morgan fingerprint density at radius 3 is 2.89 bits per heavy atom. The summed E-state index contributed by atoms with van der Waals surface area (Å²) in [4.78, 5) is 24.6. The summed E-state index contributed by atoms with van der Waals surface area (Å²) >= 11 is 5.63. The number of halogens is 1. The van der Waals surface area contributed by atoms with Gasteiger partial charge >= 0.3 is 5.69 Å². The maximum absolute atomic E-state index is 10.8. The normalized spacial score (nSPS) is 10.1. The van der Waals surface area contributed by atoms with Gasteiger partial charge in [0.15, 0.2) is 0 Å². The SMILES string of the molecule is NC(=O)CCCCNc1ncc(Cl)cc1[N+](=O)[O-]. The molecule has 1 amide bonds. The average molecular weight is 273 g/mol. The quantitative estimate of drug-likeness (QED) is 0.446. The Morgan fingerprint density at radius 1 is 1.56 bits per heavy atom. The van der Waals surface area contributed by atoms with Gasteiger partial charge in [-0.05, 0) is 12.8 Å². The van der Waals surface area contributed by atoms with Crippen molar-refractivity contribution in [3.63, 3.8) is 0 Å². The summed E-state index contributed by atoms with van der Waals surface area (Å²) in [6.45, 7) is 0.475. The van der Waals surface area contributed by atoms with Gasteiger partial charge in [0.05, 0.1) is 9.95 Å². The lowest BCUT2D eigenvalue weighted by atomic mass is 10.2. The minimum absolute atomic E-state index is 0.169. The van der Waals surface area contributed by atoms with Crippen LogP contribution in [0.2, 0.25) is 5.02 Å². The molecule has 0 saturated heterocycles. The van der Waals surface area contributed by atoms with Gasteiger partial charge in [-0.15, -0.1) is 0 Å². The lowest BCUT2D eigenvalue weighted by Gasteiger charge is -2.05. The molecule has 0 bridgehead atoms. The molecule has 0 saturated carbocycles. The molecule has 0 fully saturated rings. The number of primary amides is 1. The molecule has 1 aromatic rings. The van der Waals surface area contributed by atoms with Crippen molar-refractivity contribution in [1.29, 1.82) is 0 Å². The van der Waals surface area contributed by atoms with Crippen LogP contribution in [0.4, 0.5) is 11.5 Å². The Kier molecular flexibility index (Phi) is 5.31. The number of nitro groups is 1. The summed E-state index contributed by atoms with van der Waals surface area (Å²) in [5, 5.41) is 13.8. The van der Waals surface area contributed by atoms with E-state index in [2.05, 4.69) is 10.3 Å². The summed E-state index contributed by atoms with van der Waals surface area (Å²) < 4.78 is 0. The molecule has 0 unspecified atom stereocenters. The van der Waals surface area contributed by atoms with Crippen molar-refractivity contribution in [1.82, 2.24) is 4.98 Å². The number of carbonyl (C=O) groups excluding carboxylic acids is 1. The van der Waals surface area contributed by atoms with E-state index < -0.39 is 4.92 Å². The minimum atomic E-state index is -0.551. The minimum Gasteiger partial charge on any atom is -0.370 e. The molecular formula is C10H13ClN4O3. The van der Waals surface area contributed by atoms with Gasteiger partial charge in [-0.25, -0.2) is 4.98 Å². The number of pyridine rings is 1. The van der Waals surface area contributed by atoms with Crippen LogP contribution in [-0.4, -0.2) is 22.4 Å². The standard InChI is InChI=1S/C10H13ClN4O3/c11-7-5-8(15(17)18)10(14-6-7)13-4-2-1-3-9(12)16/h5-6H,1-4H2,(H2,12,16)(H,13,14). The number of carbonyl (C=O) groups is 1. The highest BCUT2D eigenvalue weighted by Gasteiger charge is 2.15. The molecule has 0 aliphatic carbocycles. The Balaban J connectivity index is 2.51. The maximum atomic E-state index is 10.8. The van der Waals surface area contributed by atoms with E-state index in [1.165, 1.54) is 12.3 Å². The number of nitrogens with two attached hydrogens (primary N) is 1. The van der Waals surface area contributed by atoms with Crippen LogP contribution in [0.3, 0.4) is 0 Å². The van der Waals surface area contributed by atoms with Crippen molar-refractivity contribution in [2.45, 2.75) is 19.3 Å². The Morgan fingerprint density at radius 2 is 2.28 bits per heavy atom. The summed E-state index contributed by atoms with van der Waals surface area (Å²) in [7, 11) is 0. The molecule has 0 aromatic carbocycles. The number of anilines is 1. The first-order valence-corrected chi connectivity index (χ1v) is 5.70. The van der Waals surface area contributed by atoms with E-state index in [0.717, 1.165) is 0 Å². The van der Waals surface area contributed by atoms with E-state index in [4.69, 9.17) is 17.3 Å². The van der Waals surface area contributed by atoms with Crippen molar-refractivity contribution in [2.75, 3.05) is 11.9 Å². The van der Waals surface area contributed by atoms with Crippen molar-refractivity contribution >= 4 is 29.0 Å². The topological polar surface area (TPSA) is 111 Å². The zero-order chi connectivity index (χ0) is 13.5. The highest BCUT2D eigenvalue weighted by atomic mass is 35.5. The van der Waals surface area contributed by atoms with Gasteiger partial charge in [-0.1, -0.05) is 11.6 Å². The van der Waals surface area contributed by atoms with Crippen molar-refractivity contribution in [2.24, 2.45) is 5.73 Å². The van der Waals surface area contributed by atoms with Crippen LogP contribution in [0.15, 0.2) is 12.3 Å². The first kappa shape index (κ1) is 14.2. The van der Waals surface area contributed by atoms with Gasteiger partial charge in [0, 0.05) is 25.2 Å². The molecule has 8 heteroatoms. The van der Waals surface area contributed by atoms with E-state index in [0.29, 0.717) is 25.8 Å². The molecule has 0 atom stereocenters. The van der Waals surface area contributed by atoms with Crippen LogP contribution in [0, 0.1) is 10.1 Å². The number of rotatable bonds is 7. The number of nitrogens with zero attached hydrogens (tertiary/aromatic N) is 2. The second kappa shape index (κ2) is 6.75. The lowest BCUT2D eigenvalue weighted by Crippen LogP contribution is -2.11. The molecule has 3 N–H and O–H groups in total. The average Bonchev–Trinajstić information content (AvgIpc) is 2.29. The van der Waals surface area contributed by atoms with E-state index in [-0.39, 0.29) is 22.4 Å². The monoisotopic (exact) mass is 272 g/mol. The maximum Gasteiger partial charge on any atom is 0.312 e. The second-order valence-corrected chi connectivity index (χ2v) is 4.07. The van der Waals surface area contributed by atoms with Crippen LogP contribution < -0.4 is 11.1 Å². The molecule has 1 heterocycles. The number of hydrogen-bond acceptors (Lipinski definition) is 5. The predicted octanol–water partition coefficient (Wildman–Crippen LogP) is 1.71.